The van der Waals surface area contributed by atoms with E-state index in [2.05, 4.69) is 11.0 Å². The van der Waals surface area contributed by atoms with Crippen LogP contribution in [0.5, 0.6) is 5.75 Å². The number of nitrogens with zero attached hydrogens (tertiary/aromatic N) is 3. The highest BCUT2D eigenvalue weighted by atomic mass is 16.5. The zero-order valence-corrected chi connectivity index (χ0v) is 18.2. The van der Waals surface area contributed by atoms with Crippen molar-refractivity contribution < 1.29 is 14.3 Å². The van der Waals surface area contributed by atoms with Gasteiger partial charge in [-0.2, -0.15) is 0 Å². The Labute approximate surface area is 188 Å². The summed E-state index contributed by atoms with van der Waals surface area (Å²) >= 11 is 0. The topological polar surface area (TPSA) is 53.1 Å². The fourth-order valence-corrected chi connectivity index (χ4v) is 4.80. The van der Waals surface area contributed by atoms with Gasteiger partial charge >= 0.3 is 0 Å². The molecular formula is C26H27N3O3. The van der Waals surface area contributed by atoms with E-state index >= 15 is 0 Å². The van der Waals surface area contributed by atoms with Crippen LogP contribution in [0.15, 0.2) is 66.7 Å². The summed E-state index contributed by atoms with van der Waals surface area (Å²) in [4.78, 5) is 32.1. The Morgan fingerprint density at radius 2 is 1.69 bits per heavy atom. The van der Waals surface area contributed by atoms with Crippen molar-refractivity contribution in [1.29, 1.82) is 0 Å². The van der Waals surface area contributed by atoms with Crippen molar-refractivity contribution in [2.45, 2.75) is 6.42 Å². The molecule has 0 saturated carbocycles. The van der Waals surface area contributed by atoms with Gasteiger partial charge in [0.05, 0.1) is 18.7 Å². The van der Waals surface area contributed by atoms with Crippen LogP contribution >= 0.6 is 0 Å². The van der Waals surface area contributed by atoms with Crippen molar-refractivity contribution >= 4 is 34.0 Å². The fraction of sp³-hybridized carbons (Fsp3) is 0.308. The Kier molecular flexibility index (Phi) is 5.43. The Bertz CT molecular complexity index is 1150. The maximum atomic E-state index is 13.2. The second-order valence-electron chi connectivity index (χ2n) is 8.42. The van der Waals surface area contributed by atoms with Gasteiger partial charge in [-0.05, 0) is 23.6 Å². The molecule has 32 heavy (non-hydrogen) atoms. The quantitative estimate of drug-likeness (QED) is 0.637. The number of carbonyl (C=O) groups excluding carboxylic acids is 2. The summed E-state index contributed by atoms with van der Waals surface area (Å²) in [6, 6.07) is 22.1. The largest absolute Gasteiger partial charge is 0.497 e. The summed E-state index contributed by atoms with van der Waals surface area (Å²) in [5.74, 6) is 0.657. The van der Waals surface area contributed by atoms with Crippen molar-refractivity contribution in [1.82, 2.24) is 4.90 Å². The highest BCUT2D eigenvalue weighted by Gasteiger charge is 2.38. The molecule has 2 heterocycles. The molecule has 0 N–H and O–H groups in total. The first-order valence-electron chi connectivity index (χ1n) is 11.1. The second-order valence-corrected chi connectivity index (χ2v) is 8.42. The first kappa shape index (κ1) is 20.4. The van der Waals surface area contributed by atoms with E-state index in [-0.39, 0.29) is 24.2 Å². The number of anilines is 2. The molecule has 2 aliphatic heterocycles. The van der Waals surface area contributed by atoms with E-state index in [0.717, 1.165) is 41.0 Å². The van der Waals surface area contributed by atoms with Gasteiger partial charge in [0.15, 0.2) is 0 Å². The van der Waals surface area contributed by atoms with E-state index < -0.39 is 0 Å². The minimum Gasteiger partial charge on any atom is -0.497 e. The zero-order chi connectivity index (χ0) is 22.1. The van der Waals surface area contributed by atoms with Crippen LogP contribution in [0.25, 0.3) is 10.8 Å². The molecule has 2 aliphatic rings. The monoisotopic (exact) mass is 429 g/mol. The molecule has 164 valence electrons. The van der Waals surface area contributed by atoms with Crippen molar-refractivity contribution in [3.05, 3.63) is 66.7 Å². The average molecular weight is 430 g/mol. The third kappa shape index (κ3) is 3.77. The maximum absolute atomic E-state index is 13.2. The molecule has 0 spiro atoms. The molecule has 6 nitrogen and oxygen atoms in total. The fourth-order valence-electron chi connectivity index (χ4n) is 4.80. The maximum Gasteiger partial charge on any atom is 0.228 e. The Morgan fingerprint density at radius 1 is 0.938 bits per heavy atom. The van der Waals surface area contributed by atoms with E-state index in [1.165, 1.54) is 0 Å². The van der Waals surface area contributed by atoms with E-state index in [1.54, 1.807) is 12.0 Å². The summed E-state index contributed by atoms with van der Waals surface area (Å²) in [6.45, 7) is 3.31. The van der Waals surface area contributed by atoms with Gasteiger partial charge in [-0.15, -0.1) is 0 Å². The van der Waals surface area contributed by atoms with Gasteiger partial charge < -0.3 is 19.4 Å². The van der Waals surface area contributed by atoms with E-state index in [1.807, 2.05) is 65.6 Å². The number of carbonyl (C=O) groups is 2. The van der Waals surface area contributed by atoms with Gasteiger partial charge in [-0.1, -0.05) is 42.5 Å². The normalized spacial score (nSPS) is 19.0. The molecule has 5 rings (SSSR count). The van der Waals surface area contributed by atoms with Crippen LogP contribution in [-0.2, 0) is 9.59 Å². The van der Waals surface area contributed by atoms with Crippen molar-refractivity contribution in [2.24, 2.45) is 5.92 Å². The van der Waals surface area contributed by atoms with Gasteiger partial charge in [-0.25, -0.2) is 0 Å². The second kappa shape index (κ2) is 8.54. The number of ether oxygens (including phenoxy) is 1. The molecule has 2 saturated heterocycles. The molecule has 0 radical (unpaired) electrons. The Balaban J connectivity index is 1.25. The number of hydrogen-bond acceptors (Lipinski definition) is 4. The van der Waals surface area contributed by atoms with E-state index in [9.17, 15) is 9.59 Å². The molecule has 1 unspecified atom stereocenters. The molecule has 2 amide bonds. The molecule has 3 aromatic rings. The van der Waals surface area contributed by atoms with Crippen molar-refractivity contribution in [2.75, 3.05) is 49.6 Å². The van der Waals surface area contributed by atoms with Crippen LogP contribution in [0, 0.1) is 5.92 Å². The smallest absolute Gasteiger partial charge is 0.228 e. The van der Waals surface area contributed by atoms with Gasteiger partial charge in [0.2, 0.25) is 11.8 Å². The van der Waals surface area contributed by atoms with E-state index in [4.69, 9.17) is 4.74 Å². The standard InChI is InChI=1S/C26H27N3O3/c1-32-22-9-5-8-21(17-22)27-12-14-28(15-13-27)26(31)20-16-25(30)29(18-20)24-11-4-7-19-6-2-3-10-23(19)24/h2-11,17,20H,12-16,18H2,1H3. The number of methoxy groups -OCH3 is 1. The third-order valence-electron chi connectivity index (χ3n) is 6.54. The molecule has 0 aliphatic carbocycles. The zero-order valence-electron chi connectivity index (χ0n) is 18.2. The van der Waals surface area contributed by atoms with Crippen LogP contribution in [0.1, 0.15) is 6.42 Å². The van der Waals surface area contributed by atoms with Crippen LogP contribution in [-0.4, -0.2) is 56.5 Å². The third-order valence-corrected chi connectivity index (χ3v) is 6.54. The van der Waals surface area contributed by atoms with Crippen LogP contribution in [0.3, 0.4) is 0 Å². The number of amides is 2. The molecule has 1 atom stereocenters. The summed E-state index contributed by atoms with van der Waals surface area (Å²) in [5.41, 5.74) is 2.00. The minimum atomic E-state index is -0.287. The lowest BCUT2D eigenvalue weighted by atomic mass is 10.1. The summed E-state index contributed by atoms with van der Waals surface area (Å²) in [7, 11) is 1.67. The van der Waals surface area contributed by atoms with Crippen LogP contribution in [0.2, 0.25) is 0 Å². The first-order valence-corrected chi connectivity index (χ1v) is 11.1. The van der Waals surface area contributed by atoms with Crippen molar-refractivity contribution in [3.8, 4) is 5.75 Å². The van der Waals surface area contributed by atoms with Crippen LogP contribution < -0.4 is 14.5 Å². The minimum absolute atomic E-state index is 0.0229. The molecule has 2 fully saturated rings. The van der Waals surface area contributed by atoms with Gasteiger partial charge in [-0.3, -0.25) is 9.59 Å². The number of fused-ring (bicyclic) bond motifs is 1. The van der Waals surface area contributed by atoms with Crippen molar-refractivity contribution in [3.63, 3.8) is 0 Å². The van der Waals surface area contributed by atoms with Gasteiger partial charge in [0, 0.05) is 56.3 Å². The lowest BCUT2D eigenvalue weighted by Gasteiger charge is -2.37. The molecule has 0 aromatic heterocycles. The first-order chi connectivity index (χ1) is 15.6. The predicted octanol–water partition coefficient (Wildman–Crippen LogP) is 3.55. The summed E-state index contributed by atoms with van der Waals surface area (Å²) < 4.78 is 5.33. The van der Waals surface area contributed by atoms with Crippen LogP contribution in [0.4, 0.5) is 11.4 Å². The van der Waals surface area contributed by atoms with Gasteiger partial charge in [0.1, 0.15) is 5.75 Å². The molecule has 0 bridgehead atoms. The molecular weight excluding hydrogens is 402 g/mol. The van der Waals surface area contributed by atoms with Gasteiger partial charge in [0.25, 0.3) is 0 Å². The Hall–Kier alpha value is -3.54. The lowest BCUT2D eigenvalue weighted by molar-refractivity contribution is -0.136. The Morgan fingerprint density at radius 3 is 2.50 bits per heavy atom. The highest BCUT2D eigenvalue weighted by molar-refractivity contribution is 6.07. The number of hydrogen-bond donors (Lipinski definition) is 0. The molecule has 6 heteroatoms. The van der Waals surface area contributed by atoms with E-state index in [0.29, 0.717) is 19.6 Å². The number of benzene rings is 3. The predicted molar refractivity (Wildman–Crippen MR) is 126 cm³/mol. The highest BCUT2D eigenvalue weighted by Crippen LogP contribution is 2.32. The summed E-state index contributed by atoms with van der Waals surface area (Å²) in [6.07, 6.45) is 0.276. The SMILES string of the molecule is COc1cccc(N2CCN(C(=O)C3CC(=O)N(c4cccc5ccccc45)C3)CC2)c1. The lowest BCUT2D eigenvalue weighted by Crippen LogP contribution is -2.50. The molecule has 3 aromatic carbocycles. The number of piperazine rings is 1. The summed E-state index contributed by atoms with van der Waals surface area (Å²) in [5, 5.41) is 2.14. The average Bonchev–Trinajstić information content (AvgIpc) is 3.24. The number of rotatable bonds is 4.